The molecular weight excluding hydrogens is 801 g/mol. The molecule has 8 aromatic carbocycles. The summed E-state index contributed by atoms with van der Waals surface area (Å²) < 4.78 is 1.56. The molecule has 1 amide bonds. The van der Waals surface area contributed by atoms with E-state index in [1.165, 1.54) is 30.3 Å². The quantitative estimate of drug-likeness (QED) is 0.0796. The third-order valence-electron chi connectivity index (χ3n) is 11.2. The number of pyridine rings is 1. The predicted molar refractivity (Wildman–Crippen MR) is 237 cm³/mol. The number of phenols is 2. The molecule has 10 aromatic rings. The number of hydrogen-bond donors (Lipinski definition) is 3. The minimum atomic E-state index is -0.717. The lowest BCUT2D eigenvalue weighted by Crippen LogP contribution is -2.13. The first kappa shape index (κ1) is 36.8. The van der Waals surface area contributed by atoms with Crippen LogP contribution >= 0.6 is 0 Å². The third-order valence-corrected chi connectivity index (χ3v) is 11.2. The molecule has 300 valence electrons. The summed E-state index contributed by atoms with van der Waals surface area (Å²) in [6.45, 7) is 0. The number of azo groups is 2. The molecule has 0 aliphatic heterocycles. The highest BCUT2D eigenvalue weighted by Gasteiger charge is 2.28. The molecule has 15 nitrogen and oxygen atoms in total. The standard InChI is InChI=1S/C48H26N8O7/c57-40-23-36-41-32(11-6-12-33(41)48(61)55-39-14-4-3-13-38(39)50-46(36)55)42(40)53-51-26-15-17-30-31-18-16-27(22-35(31)44(58)34(30)21-26)52-54-43-29-10-2-1-7-24(29)19-37(45(43)59)47(60)49-25-8-5-9-28(20-25)56(62)63/h1-23,57,59H,(H,49,60). The molecule has 0 radical (unpaired) electrons. The second-order valence-electron chi connectivity index (χ2n) is 14.9. The van der Waals surface area contributed by atoms with Crippen molar-refractivity contribution in [2.45, 2.75) is 0 Å². The molecular formula is C48H26N8O7. The van der Waals surface area contributed by atoms with E-state index in [1.807, 2.05) is 24.3 Å². The highest BCUT2D eigenvalue weighted by molar-refractivity contribution is 6.23. The smallest absolute Gasteiger partial charge is 0.271 e. The number of ketones is 1. The van der Waals surface area contributed by atoms with Gasteiger partial charge in [-0.1, -0.05) is 66.7 Å². The number of hydrogen-bond acceptors (Lipinski definition) is 12. The number of fused-ring (bicyclic) bond motifs is 8. The van der Waals surface area contributed by atoms with Crippen LogP contribution in [-0.4, -0.2) is 36.2 Å². The highest BCUT2D eigenvalue weighted by atomic mass is 16.6. The number of aromatic nitrogens is 2. The van der Waals surface area contributed by atoms with Gasteiger partial charge in [-0.2, -0.15) is 10.2 Å². The summed E-state index contributed by atoms with van der Waals surface area (Å²) >= 11 is 0. The Hall–Kier alpha value is -9.24. The van der Waals surface area contributed by atoms with Crippen LogP contribution in [0.4, 0.5) is 34.1 Å². The van der Waals surface area contributed by atoms with E-state index in [1.54, 1.807) is 89.3 Å². The monoisotopic (exact) mass is 826 g/mol. The Kier molecular flexibility index (Phi) is 8.13. The molecule has 0 bridgehead atoms. The van der Waals surface area contributed by atoms with Crippen LogP contribution in [0.25, 0.3) is 60.1 Å². The maximum absolute atomic E-state index is 13.9. The van der Waals surface area contributed by atoms with E-state index in [-0.39, 0.29) is 45.4 Å². The molecule has 0 fully saturated rings. The van der Waals surface area contributed by atoms with Gasteiger partial charge in [0.2, 0.25) is 0 Å². The normalized spacial score (nSPS) is 12.4. The van der Waals surface area contributed by atoms with Crippen LogP contribution in [-0.2, 0) is 0 Å². The van der Waals surface area contributed by atoms with Gasteiger partial charge in [0.05, 0.1) is 32.9 Å². The Morgan fingerprint density at radius 2 is 1.32 bits per heavy atom. The number of anilines is 1. The van der Waals surface area contributed by atoms with Gasteiger partial charge in [-0.15, -0.1) is 10.2 Å². The van der Waals surface area contributed by atoms with Crippen LogP contribution in [0.1, 0.15) is 26.3 Å². The highest BCUT2D eigenvalue weighted by Crippen LogP contribution is 2.45. The summed E-state index contributed by atoms with van der Waals surface area (Å²) in [5.74, 6) is -1.62. The summed E-state index contributed by atoms with van der Waals surface area (Å²) in [4.78, 5) is 56.5. The number of benzene rings is 8. The molecule has 0 unspecified atom stereocenters. The Morgan fingerprint density at radius 3 is 2.08 bits per heavy atom. The second kappa shape index (κ2) is 13.9. The minimum absolute atomic E-state index is 0.00989. The number of nitro benzene ring substituents is 1. The van der Waals surface area contributed by atoms with Crippen molar-refractivity contribution in [2.75, 3.05) is 5.32 Å². The SMILES string of the molecule is O=C1c2cc(N=Nc3c(O)c(C(=O)Nc4cccc([N+](=O)[O-])c4)cc4ccccc34)ccc2-c2ccc(N=Nc3c(O)cc4c5c3cccc5c(=O)n3c5ccccc5nc43)cc21. The minimum Gasteiger partial charge on any atom is -0.506 e. The van der Waals surface area contributed by atoms with Crippen LogP contribution in [0, 0.1) is 10.1 Å². The summed E-state index contributed by atoms with van der Waals surface area (Å²) in [5, 5.41) is 57.4. The van der Waals surface area contributed by atoms with E-state index in [9.17, 15) is 34.7 Å². The predicted octanol–water partition coefficient (Wildman–Crippen LogP) is 11.4. The van der Waals surface area contributed by atoms with Gasteiger partial charge in [0, 0.05) is 55.9 Å². The Bertz CT molecular complexity index is 3800. The topological polar surface area (TPSA) is 214 Å². The molecule has 3 N–H and O–H groups in total. The van der Waals surface area contributed by atoms with Gasteiger partial charge in [-0.3, -0.25) is 28.9 Å². The number of carbonyl (C=O) groups excluding carboxylic acids is 2. The van der Waals surface area contributed by atoms with Crippen LogP contribution in [0.2, 0.25) is 0 Å². The zero-order chi connectivity index (χ0) is 43.1. The molecule has 0 atom stereocenters. The zero-order valence-corrected chi connectivity index (χ0v) is 32.3. The molecule has 63 heavy (non-hydrogen) atoms. The number of carbonyl (C=O) groups is 2. The van der Waals surface area contributed by atoms with Gasteiger partial charge in [0.15, 0.2) is 11.5 Å². The second-order valence-corrected chi connectivity index (χ2v) is 14.9. The van der Waals surface area contributed by atoms with E-state index < -0.39 is 16.6 Å². The van der Waals surface area contributed by atoms with Crippen molar-refractivity contribution in [1.82, 2.24) is 9.38 Å². The molecule has 0 spiro atoms. The number of nitro groups is 1. The van der Waals surface area contributed by atoms with E-state index in [0.29, 0.717) is 82.6 Å². The van der Waals surface area contributed by atoms with Crippen molar-refractivity contribution >= 4 is 94.8 Å². The maximum Gasteiger partial charge on any atom is 0.271 e. The van der Waals surface area contributed by atoms with Crippen molar-refractivity contribution in [2.24, 2.45) is 20.5 Å². The molecule has 2 heterocycles. The Labute approximate surface area is 353 Å². The van der Waals surface area contributed by atoms with E-state index in [4.69, 9.17) is 4.98 Å². The number of para-hydroxylation sites is 2. The summed E-state index contributed by atoms with van der Waals surface area (Å²) in [7, 11) is 0. The fourth-order valence-corrected chi connectivity index (χ4v) is 8.33. The molecule has 2 aromatic heterocycles. The molecule has 0 saturated carbocycles. The van der Waals surface area contributed by atoms with Crippen LogP contribution in [0.3, 0.4) is 0 Å². The fraction of sp³-hybridized carbons (Fsp3) is 0. The molecule has 1 aliphatic carbocycles. The lowest BCUT2D eigenvalue weighted by atomic mass is 10.0. The first-order chi connectivity index (χ1) is 30.6. The number of nitrogens with one attached hydrogen (secondary N) is 1. The van der Waals surface area contributed by atoms with Crippen molar-refractivity contribution in [3.63, 3.8) is 0 Å². The van der Waals surface area contributed by atoms with Crippen molar-refractivity contribution in [3.8, 4) is 22.6 Å². The number of nitrogens with zero attached hydrogens (tertiary/aromatic N) is 7. The molecule has 11 rings (SSSR count). The van der Waals surface area contributed by atoms with Gasteiger partial charge >= 0.3 is 0 Å². The van der Waals surface area contributed by atoms with Gasteiger partial charge < -0.3 is 15.5 Å². The number of phenolic OH excluding ortho intramolecular Hbond substituents is 2. The summed E-state index contributed by atoms with van der Waals surface area (Å²) in [5.41, 5.74) is 4.24. The number of non-ortho nitro benzene ring substituents is 1. The maximum atomic E-state index is 13.9. The Morgan fingerprint density at radius 1 is 0.651 bits per heavy atom. The van der Waals surface area contributed by atoms with E-state index in [2.05, 4.69) is 25.8 Å². The summed E-state index contributed by atoms with van der Waals surface area (Å²) in [6, 6.07) is 38.1. The average Bonchev–Trinajstić information content (AvgIpc) is 3.82. The van der Waals surface area contributed by atoms with Crippen molar-refractivity contribution in [3.05, 3.63) is 177 Å². The van der Waals surface area contributed by atoms with Gasteiger partial charge in [0.25, 0.3) is 17.2 Å². The third kappa shape index (κ3) is 5.83. The van der Waals surface area contributed by atoms with Gasteiger partial charge in [-0.25, -0.2) is 4.98 Å². The first-order valence-electron chi connectivity index (χ1n) is 19.4. The molecule has 0 saturated heterocycles. The zero-order valence-electron chi connectivity index (χ0n) is 32.3. The first-order valence-corrected chi connectivity index (χ1v) is 19.4. The van der Waals surface area contributed by atoms with Crippen LogP contribution < -0.4 is 10.9 Å². The van der Waals surface area contributed by atoms with Crippen LogP contribution in [0.15, 0.2) is 165 Å². The number of amides is 1. The van der Waals surface area contributed by atoms with Gasteiger partial charge in [-0.05, 0) is 77.2 Å². The van der Waals surface area contributed by atoms with E-state index in [0.717, 1.165) is 0 Å². The van der Waals surface area contributed by atoms with E-state index >= 15 is 0 Å². The number of aromatic hydroxyl groups is 2. The average molecular weight is 827 g/mol. The largest absolute Gasteiger partial charge is 0.506 e. The fourth-order valence-electron chi connectivity index (χ4n) is 8.33. The van der Waals surface area contributed by atoms with Crippen molar-refractivity contribution in [1.29, 1.82) is 0 Å². The summed E-state index contributed by atoms with van der Waals surface area (Å²) in [6.07, 6.45) is 0. The Balaban J connectivity index is 0.897. The number of rotatable bonds is 7. The molecule has 1 aliphatic rings. The van der Waals surface area contributed by atoms with Gasteiger partial charge in [0.1, 0.15) is 22.8 Å². The lowest BCUT2D eigenvalue weighted by Gasteiger charge is -2.11. The van der Waals surface area contributed by atoms with Crippen molar-refractivity contribution < 1.29 is 24.7 Å². The molecule has 15 heteroatoms. The lowest BCUT2D eigenvalue weighted by molar-refractivity contribution is -0.384. The van der Waals surface area contributed by atoms with Crippen LogP contribution in [0.5, 0.6) is 11.5 Å². The number of imidazole rings is 1.